The second kappa shape index (κ2) is 6.33. The van der Waals surface area contributed by atoms with Crippen molar-refractivity contribution in [2.45, 2.75) is 52.0 Å². The van der Waals surface area contributed by atoms with Crippen LogP contribution in [0.15, 0.2) is 0 Å². The van der Waals surface area contributed by atoms with Gasteiger partial charge in [-0.15, -0.1) is 0 Å². The maximum atomic E-state index is 5.75. The highest BCUT2D eigenvalue weighted by Crippen LogP contribution is 2.33. The molecule has 1 aliphatic carbocycles. The van der Waals surface area contributed by atoms with Crippen LogP contribution in [-0.2, 0) is 4.74 Å². The molecule has 20 heavy (non-hydrogen) atoms. The Morgan fingerprint density at radius 1 is 1.20 bits per heavy atom. The van der Waals surface area contributed by atoms with Gasteiger partial charge in [-0.1, -0.05) is 13.8 Å². The Morgan fingerprint density at radius 2 is 1.95 bits per heavy atom. The molecule has 0 aromatic rings. The van der Waals surface area contributed by atoms with E-state index in [0.717, 1.165) is 31.1 Å². The molecule has 2 heterocycles. The standard InChI is InChI=1S/C17H32N2O/c1-14(2)15-5-8-19(9-6-15)12-17(7-10-20-13-17)11-18-16-3-4-16/h14-16,18H,3-13H2,1-2H3. The van der Waals surface area contributed by atoms with Crippen molar-refractivity contribution < 1.29 is 4.74 Å². The van der Waals surface area contributed by atoms with Crippen molar-refractivity contribution in [3.63, 3.8) is 0 Å². The van der Waals surface area contributed by atoms with Gasteiger partial charge in [0.15, 0.2) is 0 Å². The zero-order chi connectivity index (χ0) is 14.0. The smallest absolute Gasteiger partial charge is 0.0547 e. The number of hydrogen-bond donors (Lipinski definition) is 1. The molecule has 3 rings (SSSR count). The maximum Gasteiger partial charge on any atom is 0.0547 e. The highest BCUT2D eigenvalue weighted by atomic mass is 16.5. The predicted octanol–water partition coefficient (Wildman–Crippen LogP) is 2.51. The van der Waals surface area contributed by atoms with E-state index in [0.29, 0.717) is 5.41 Å². The van der Waals surface area contributed by atoms with Gasteiger partial charge >= 0.3 is 0 Å². The first kappa shape index (κ1) is 14.8. The summed E-state index contributed by atoms with van der Waals surface area (Å²) in [6.45, 7) is 11.7. The van der Waals surface area contributed by atoms with Crippen molar-refractivity contribution in [1.29, 1.82) is 0 Å². The summed E-state index contributed by atoms with van der Waals surface area (Å²) in [6, 6.07) is 0.819. The number of nitrogens with zero attached hydrogens (tertiary/aromatic N) is 1. The molecule has 3 fully saturated rings. The summed E-state index contributed by atoms with van der Waals surface area (Å²) in [6.07, 6.45) is 6.81. The molecule has 0 bridgehead atoms. The molecule has 3 heteroatoms. The summed E-state index contributed by atoms with van der Waals surface area (Å²) in [5.41, 5.74) is 0.396. The topological polar surface area (TPSA) is 24.5 Å². The molecular weight excluding hydrogens is 248 g/mol. The van der Waals surface area contributed by atoms with Gasteiger partial charge in [0.25, 0.3) is 0 Å². The van der Waals surface area contributed by atoms with Crippen LogP contribution in [-0.4, -0.2) is 50.3 Å². The van der Waals surface area contributed by atoms with E-state index in [1.54, 1.807) is 0 Å². The molecular formula is C17H32N2O. The van der Waals surface area contributed by atoms with Gasteiger partial charge in [-0.3, -0.25) is 0 Å². The van der Waals surface area contributed by atoms with E-state index in [4.69, 9.17) is 4.74 Å². The Kier molecular flexibility index (Phi) is 4.68. The minimum Gasteiger partial charge on any atom is -0.381 e. The predicted molar refractivity (Wildman–Crippen MR) is 82.9 cm³/mol. The number of piperidine rings is 1. The molecule has 2 aliphatic heterocycles. The van der Waals surface area contributed by atoms with Crippen LogP contribution in [0.4, 0.5) is 0 Å². The number of ether oxygens (including phenoxy) is 1. The number of hydrogen-bond acceptors (Lipinski definition) is 3. The second-order valence-electron chi connectivity index (χ2n) is 7.82. The number of rotatable bonds is 6. The monoisotopic (exact) mass is 280 g/mol. The van der Waals surface area contributed by atoms with Gasteiger partial charge in [0.05, 0.1) is 6.61 Å². The van der Waals surface area contributed by atoms with Gasteiger partial charge in [0, 0.05) is 31.2 Å². The summed E-state index contributed by atoms with van der Waals surface area (Å²) in [5, 5.41) is 3.75. The molecule has 2 saturated heterocycles. The molecule has 1 saturated carbocycles. The number of likely N-dealkylation sites (tertiary alicyclic amines) is 1. The summed E-state index contributed by atoms with van der Waals surface area (Å²) in [5.74, 6) is 1.81. The fraction of sp³-hybridized carbons (Fsp3) is 1.00. The summed E-state index contributed by atoms with van der Waals surface area (Å²) in [4.78, 5) is 2.71. The van der Waals surface area contributed by atoms with Crippen molar-refractivity contribution >= 4 is 0 Å². The number of nitrogens with one attached hydrogen (secondary N) is 1. The van der Waals surface area contributed by atoms with Gasteiger partial charge in [-0.05, 0) is 57.0 Å². The molecule has 0 aromatic carbocycles. The molecule has 0 amide bonds. The first-order chi connectivity index (χ1) is 9.67. The van der Waals surface area contributed by atoms with Gasteiger partial charge in [0.2, 0.25) is 0 Å². The fourth-order valence-corrected chi connectivity index (χ4v) is 3.87. The Balaban J connectivity index is 1.49. The fourth-order valence-electron chi connectivity index (χ4n) is 3.87. The summed E-state index contributed by atoms with van der Waals surface area (Å²) in [7, 11) is 0. The van der Waals surface area contributed by atoms with Crippen LogP contribution in [0.2, 0.25) is 0 Å². The lowest BCUT2D eigenvalue weighted by Gasteiger charge is -2.39. The van der Waals surface area contributed by atoms with Gasteiger partial charge in [0.1, 0.15) is 0 Å². The zero-order valence-corrected chi connectivity index (χ0v) is 13.4. The molecule has 1 atom stereocenters. The van der Waals surface area contributed by atoms with E-state index in [9.17, 15) is 0 Å². The Bertz CT molecular complexity index is 300. The third kappa shape index (κ3) is 3.75. The average molecular weight is 280 g/mol. The highest BCUT2D eigenvalue weighted by molar-refractivity contribution is 4.92. The third-order valence-corrected chi connectivity index (χ3v) is 5.66. The molecule has 116 valence electrons. The largest absolute Gasteiger partial charge is 0.381 e. The van der Waals surface area contributed by atoms with Crippen LogP contribution in [0.5, 0.6) is 0 Å². The van der Waals surface area contributed by atoms with Crippen molar-refractivity contribution in [3.05, 3.63) is 0 Å². The lowest BCUT2D eigenvalue weighted by Crippen LogP contribution is -2.47. The highest BCUT2D eigenvalue weighted by Gasteiger charge is 2.38. The molecule has 0 aromatic heterocycles. The van der Waals surface area contributed by atoms with E-state index >= 15 is 0 Å². The molecule has 1 unspecified atom stereocenters. The van der Waals surface area contributed by atoms with Gasteiger partial charge in [-0.2, -0.15) is 0 Å². The third-order valence-electron chi connectivity index (χ3n) is 5.66. The lowest BCUT2D eigenvalue weighted by atomic mass is 9.83. The Hall–Kier alpha value is -0.120. The quantitative estimate of drug-likeness (QED) is 0.809. The van der Waals surface area contributed by atoms with Crippen LogP contribution < -0.4 is 5.32 Å². The van der Waals surface area contributed by atoms with Crippen molar-refractivity contribution in [1.82, 2.24) is 10.2 Å². The van der Waals surface area contributed by atoms with Crippen LogP contribution >= 0.6 is 0 Å². The Morgan fingerprint density at radius 3 is 2.50 bits per heavy atom. The minimum absolute atomic E-state index is 0.396. The normalized spacial score (nSPS) is 33.1. The van der Waals surface area contributed by atoms with Crippen molar-refractivity contribution in [2.24, 2.45) is 17.3 Å². The van der Waals surface area contributed by atoms with E-state index in [2.05, 4.69) is 24.1 Å². The zero-order valence-electron chi connectivity index (χ0n) is 13.4. The molecule has 1 N–H and O–H groups in total. The van der Waals surface area contributed by atoms with Gasteiger partial charge < -0.3 is 15.0 Å². The first-order valence-corrected chi connectivity index (χ1v) is 8.70. The van der Waals surface area contributed by atoms with Gasteiger partial charge in [-0.25, -0.2) is 0 Å². The van der Waals surface area contributed by atoms with E-state index < -0.39 is 0 Å². The SMILES string of the molecule is CC(C)C1CCN(CC2(CNC3CC3)CCOC2)CC1. The molecule has 0 radical (unpaired) electrons. The summed E-state index contributed by atoms with van der Waals surface area (Å²) >= 11 is 0. The average Bonchev–Trinajstić information content (AvgIpc) is 3.17. The van der Waals surface area contributed by atoms with Crippen LogP contribution in [0, 0.1) is 17.3 Å². The summed E-state index contributed by atoms with van der Waals surface area (Å²) < 4.78 is 5.75. The Labute approximate surface area is 124 Å². The van der Waals surface area contributed by atoms with Crippen LogP contribution in [0.3, 0.4) is 0 Å². The molecule has 3 aliphatic rings. The van der Waals surface area contributed by atoms with E-state index in [1.807, 2.05) is 0 Å². The van der Waals surface area contributed by atoms with Crippen molar-refractivity contribution in [2.75, 3.05) is 39.4 Å². The van der Waals surface area contributed by atoms with Crippen LogP contribution in [0.1, 0.15) is 46.0 Å². The first-order valence-electron chi connectivity index (χ1n) is 8.70. The molecule has 0 spiro atoms. The molecule has 3 nitrogen and oxygen atoms in total. The minimum atomic E-state index is 0.396. The maximum absolute atomic E-state index is 5.75. The van der Waals surface area contributed by atoms with Crippen LogP contribution in [0.25, 0.3) is 0 Å². The lowest BCUT2D eigenvalue weighted by molar-refractivity contribution is 0.0799. The van der Waals surface area contributed by atoms with E-state index in [-0.39, 0.29) is 0 Å². The second-order valence-corrected chi connectivity index (χ2v) is 7.82. The van der Waals surface area contributed by atoms with Crippen molar-refractivity contribution in [3.8, 4) is 0 Å². The van der Waals surface area contributed by atoms with E-state index in [1.165, 1.54) is 58.3 Å².